The van der Waals surface area contributed by atoms with Gasteiger partial charge in [0.2, 0.25) is 5.95 Å². The molecule has 0 radical (unpaired) electrons. The lowest BCUT2D eigenvalue weighted by molar-refractivity contribution is 0.0945. The number of nitrogens with one attached hydrogen (secondary N) is 2. The van der Waals surface area contributed by atoms with Gasteiger partial charge in [-0.1, -0.05) is 12.8 Å². The van der Waals surface area contributed by atoms with Crippen molar-refractivity contribution in [2.75, 3.05) is 62.1 Å². The Kier molecular flexibility index (Phi) is 8.01. The number of benzene rings is 1. The van der Waals surface area contributed by atoms with E-state index in [0.717, 1.165) is 45.3 Å². The van der Waals surface area contributed by atoms with Gasteiger partial charge in [-0.2, -0.15) is 4.98 Å². The Labute approximate surface area is 228 Å². The normalized spacial score (nSPS) is 18.1. The van der Waals surface area contributed by atoms with Gasteiger partial charge >= 0.3 is 6.03 Å². The topological polar surface area (TPSA) is 106 Å². The van der Waals surface area contributed by atoms with Crippen LogP contribution in [0.2, 0.25) is 0 Å². The number of carbonyl (C=O) groups is 2. The van der Waals surface area contributed by atoms with E-state index in [1.165, 1.54) is 32.1 Å². The second-order valence-electron chi connectivity index (χ2n) is 10.2. The first-order valence-corrected chi connectivity index (χ1v) is 13.8. The predicted molar refractivity (Wildman–Crippen MR) is 147 cm³/mol. The number of urea groups is 1. The number of carbonyl (C=O) groups excluding carboxylic acids is 2. The van der Waals surface area contributed by atoms with E-state index in [9.17, 15) is 9.59 Å². The van der Waals surface area contributed by atoms with E-state index in [2.05, 4.69) is 20.5 Å². The van der Waals surface area contributed by atoms with Gasteiger partial charge in [0.1, 0.15) is 17.3 Å². The molecule has 0 bridgehead atoms. The van der Waals surface area contributed by atoms with Gasteiger partial charge in [-0.25, -0.2) is 19.2 Å². The molecular formula is C27H37FN8O3. The molecule has 1 aromatic heterocycles. The van der Waals surface area contributed by atoms with E-state index in [1.807, 2.05) is 11.9 Å². The van der Waals surface area contributed by atoms with Crippen molar-refractivity contribution in [1.82, 2.24) is 25.2 Å². The Balaban J connectivity index is 1.37. The molecular weight excluding hydrogens is 503 g/mol. The van der Waals surface area contributed by atoms with E-state index < -0.39 is 11.7 Å². The van der Waals surface area contributed by atoms with Gasteiger partial charge in [0.05, 0.1) is 30.6 Å². The van der Waals surface area contributed by atoms with Crippen molar-refractivity contribution in [3.63, 3.8) is 0 Å². The summed E-state index contributed by atoms with van der Waals surface area (Å²) in [6.45, 7) is 5.71. The van der Waals surface area contributed by atoms with Crippen molar-refractivity contribution in [2.45, 2.75) is 51.5 Å². The quantitative estimate of drug-likeness (QED) is 0.496. The average Bonchev–Trinajstić information content (AvgIpc) is 3.65. The lowest BCUT2D eigenvalue weighted by Gasteiger charge is -2.45. The molecule has 2 fully saturated rings. The maximum Gasteiger partial charge on any atom is 0.343 e. The number of fused-ring (bicyclic) bond motifs is 1. The molecule has 0 atom stereocenters. The molecule has 5 rings (SSSR count). The number of amides is 3. The van der Waals surface area contributed by atoms with Gasteiger partial charge in [-0.3, -0.25) is 14.7 Å². The molecule has 3 aliphatic rings. The number of methoxy groups -OCH3 is 1. The van der Waals surface area contributed by atoms with Crippen molar-refractivity contribution < 1.29 is 18.7 Å². The SMILES string of the molecule is CCN1C(=O)N(C)c2cnc(Nc3cc(F)c(C(=O)NCCN4CCCC4)cc3OC)nc2N1C1CCCC1. The minimum absolute atomic E-state index is 0.0867. The molecule has 1 aromatic carbocycles. The van der Waals surface area contributed by atoms with Crippen molar-refractivity contribution in [3.8, 4) is 5.75 Å². The second-order valence-corrected chi connectivity index (χ2v) is 10.2. The Hall–Kier alpha value is -3.67. The second kappa shape index (κ2) is 11.6. The Morgan fingerprint density at radius 1 is 1.18 bits per heavy atom. The number of ether oxygens (including phenoxy) is 1. The third kappa shape index (κ3) is 5.42. The zero-order valence-corrected chi connectivity index (χ0v) is 22.9. The highest BCUT2D eigenvalue weighted by molar-refractivity contribution is 5.99. The van der Waals surface area contributed by atoms with Gasteiger partial charge in [0, 0.05) is 32.7 Å². The van der Waals surface area contributed by atoms with E-state index in [-0.39, 0.29) is 29.3 Å². The van der Waals surface area contributed by atoms with Crippen LogP contribution in [0.3, 0.4) is 0 Å². The monoisotopic (exact) mass is 540 g/mol. The molecule has 1 saturated carbocycles. The third-order valence-electron chi connectivity index (χ3n) is 7.76. The Morgan fingerprint density at radius 2 is 1.92 bits per heavy atom. The molecule has 3 amide bonds. The van der Waals surface area contributed by atoms with Gasteiger partial charge in [0.25, 0.3) is 5.91 Å². The largest absolute Gasteiger partial charge is 0.495 e. The van der Waals surface area contributed by atoms with Gasteiger partial charge in [0.15, 0.2) is 5.82 Å². The fourth-order valence-corrected chi connectivity index (χ4v) is 5.66. The van der Waals surface area contributed by atoms with Crippen LogP contribution in [-0.2, 0) is 0 Å². The van der Waals surface area contributed by atoms with E-state index in [4.69, 9.17) is 9.72 Å². The van der Waals surface area contributed by atoms with Gasteiger partial charge < -0.3 is 20.3 Å². The number of hydrogen-bond acceptors (Lipinski definition) is 8. The molecule has 11 nitrogen and oxygen atoms in total. The summed E-state index contributed by atoms with van der Waals surface area (Å²) in [7, 11) is 3.17. The maximum atomic E-state index is 15.1. The van der Waals surface area contributed by atoms with E-state index in [0.29, 0.717) is 30.3 Å². The summed E-state index contributed by atoms with van der Waals surface area (Å²) >= 11 is 0. The lowest BCUT2D eigenvalue weighted by Crippen LogP contribution is -2.59. The smallest absolute Gasteiger partial charge is 0.343 e. The molecule has 0 spiro atoms. The van der Waals surface area contributed by atoms with E-state index in [1.54, 1.807) is 23.2 Å². The number of hydrogen-bond donors (Lipinski definition) is 2. The Morgan fingerprint density at radius 3 is 2.62 bits per heavy atom. The fourth-order valence-electron chi connectivity index (χ4n) is 5.66. The van der Waals surface area contributed by atoms with Crippen LogP contribution < -0.4 is 25.3 Å². The Bertz CT molecular complexity index is 1220. The van der Waals surface area contributed by atoms with Crippen molar-refractivity contribution in [2.24, 2.45) is 0 Å². The molecule has 12 heteroatoms. The number of likely N-dealkylation sites (tertiary alicyclic amines) is 1. The van der Waals surface area contributed by atoms with Crippen LogP contribution in [-0.4, -0.2) is 84.7 Å². The number of aromatic nitrogens is 2. The predicted octanol–water partition coefficient (Wildman–Crippen LogP) is 3.75. The first-order chi connectivity index (χ1) is 18.9. The maximum absolute atomic E-state index is 15.1. The van der Waals surface area contributed by atoms with Crippen LogP contribution in [0.1, 0.15) is 55.8 Å². The molecule has 2 aromatic rings. The molecule has 39 heavy (non-hydrogen) atoms. The first kappa shape index (κ1) is 26.9. The van der Waals surface area contributed by atoms with Crippen molar-refractivity contribution >= 4 is 35.1 Å². The first-order valence-electron chi connectivity index (χ1n) is 13.8. The molecule has 1 saturated heterocycles. The van der Waals surface area contributed by atoms with Gasteiger partial charge in [-0.05, 0) is 51.8 Å². The highest BCUT2D eigenvalue weighted by atomic mass is 19.1. The molecule has 2 aliphatic heterocycles. The lowest BCUT2D eigenvalue weighted by atomic mass is 10.1. The highest BCUT2D eigenvalue weighted by Crippen LogP contribution is 2.39. The number of rotatable bonds is 9. The number of nitrogens with zero attached hydrogens (tertiary/aromatic N) is 6. The highest BCUT2D eigenvalue weighted by Gasteiger charge is 2.39. The fraction of sp³-hybridized carbons (Fsp3) is 0.556. The molecule has 2 N–H and O–H groups in total. The van der Waals surface area contributed by atoms with Crippen LogP contribution >= 0.6 is 0 Å². The van der Waals surface area contributed by atoms with Crippen LogP contribution in [0.25, 0.3) is 0 Å². The zero-order valence-electron chi connectivity index (χ0n) is 22.9. The van der Waals surface area contributed by atoms with Crippen LogP contribution in [0.4, 0.5) is 32.3 Å². The minimum atomic E-state index is -0.676. The third-order valence-corrected chi connectivity index (χ3v) is 7.76. The summed E-state index contributed by atoms with van der Waals surface area (Å²) in [5.74, 6) is -0.0171. The summed E-state index contributed by atoms with van der Waals surface area (Å²) in [6.07, 6.45) is 8.09. The van der Waals surface area contributed by atoms with E-state index >= 15 is 4.39 Å². The number of halogens is 1. The van der Waals surface area contributed by atoms with Crippen molar-refractivity contribution in [3.05, 3.63) is 29.7 Å². The zero-order chi connectivity index (χ0) is 27.5. The van der Waals surface area contributed by atoms with Crippen LogP contribution in [0, 0.1) is 5.82 Å². The average molecular weight is 541 g/mol. The van der Waals surface area contributed by atoms with Crippen molar-refractivity contribution in [1.29, 1.82) is 0 Å². The van der Waals surface area contributed by atoms with Gasteiger partial charge in [-0.15, -0.1) is 0 Å². The number of anilines is 4. The summed E-state index contributed by atoms with van der Waals surface area (Å²) in [5, 5.41) is 9.57. The minimum Gasteiger partial charge on any atom is -0.495 e. The molecule has 1 aliphatic carbocycles. The molecule has 3 heterocycles. The summed E-state index contributed by atoms with van der Waals surface area (Å²) in [5.41, 5.74) is 0.820. The summed E-state index contributed by atoms with van der Waals surface area (Å²) in [4.78, 5) is 38.7. The molecule has 210 valence electrons. The number of hydrazine groups is 1. The van der Waals surface area contributed by atoms with Crippen LogP contribution in [0.15, 0.2) is 18.3 Å². The summed E-state index contributed by atoms with van der Waals surface area (Å²) < 4.78 is 20.6. The standard InChI is InChI=1S/C27H37FN8O3/c1-4-35-27(38)33(2)22-17-30-26(32-24(22)36(35)18-9-5-6-10-18)31-21-16-20(28)19(15-23(21)39-3)25(37)29-11-14-34-12-7-8-13-34/h15-18H,4-14H2,1-3H3,(H,29,37)(H,30,31,32). The van der Waals surface area contributed by atoms with Crippen LogP contribution in [0.5, 0.6) is 5.75 Å². The summed E-state index contributed by atoms with van der Waals surface area (Å²) in [6, 6.07) is 2.65. The molecule has 0 unspecified atom stereocenters.